The third-order valence-electron chi connectivity index (χ3n) is 4.27. The van der Waals surface area contributed by atoms with Gasteiger partial charge >= 0.3 is 11.9 Å². The zero-order valence-electron chi connectivity index (χ0n) is 17.4. The topological polar surface area (TPSA) is 214 Å². The number of amides is 3. The summed E-state index contributed by atoms with van der Waals surface area (Å²) in [4.78, 5) is 57.3. The predicted molar refractivity (Wildman–Crippen MR) is 111 cm³/mol. The Bertz CT molecular complexity index is 686. The van der Waals surface area contributed by atoms with E-state index in [1.165, 1.54) is 11.8 Å². The van der Waals surface area contributed by atoms with Crippen molar-refractivity contribution in [3.63, 3.8) is 0 Å². The minimum Gasteiger partial charge on any atom is -0.480 e. The number of hydrogen-bond donors (Lipinski definition) is 7. The lowest BCUT2D eigenvalue weighted by atomic mass is 9.95. The molecule has 12 nitrogen and oxygen atoms in total. The molecule has 9 N–H and O–H groups in total. The van der Waals surface area contributed by atoms with Crippen LogP contribution in [-0.4, -0.2) is 89.0 Å². The molecule has 0 bridgehead atoms. The molecular weight excluding hydrogens is 456 g/mol. The molecule has 0 aliphatic carbocycles. The summed E-state index contributed by atoms with van der Waals surface area (Å²) in [5, 5.41) is 24.3. The maximum Gasteiger partial charge on any atom is 0.329 e. The maximum absolute atomic E-state index is 12.8. The maximum atomic E-state index is 12.8. The smallest absolute Gasteiger partial charge is 0.329 e. The van der Waals surface area contributed by atoms with Crippen LogP contribution in [0.3, 0.4) is 0 Å². The highest BCUT2D eigenvalue weighted by Crippen LogP contribution is 2.19. The molecule has 3 amide bonds. The fraction of sp³-hybridized carbons (Fsp3) is 0.706. The summed E-state index contributed by atoms with van der Waals surface area (Å²) in [7, 11) is 0. The molecule has 0 spiro atoms. The van der Waals surface area contributed by atoms with Crippen LogP contribution in [0, 0.1) is 0 Å². The molecule has 0 aromatic heterocycles. The van der Waals surface area contributed by atoms with Crippen molar-refractivity contribution in [2.75, 3.05) is 25.1 Å². The predicted octanol–water partition coefficient (Wildman–Crippen LogP) is -1.91. The van der Waals surface area contributed by atoms with Crippen molar-refractivity contribution in [3.05, 3.63) is 0 Å². The molecule has 3 unspecified atom stereocenters. The average molecular weight is 486 g/mol. The Morgan fingerprint density at radius 3 is 2.22 bits per heavy atom. The van der Waals surface area contributed by atoms with E-state index in [0.717, 1.165) is 0 Å². The highest BCUT2D eigenvalue weighted by Gasteiger charge is 2.43. The summed E-state index contributed by atoms with van der Waals surface area (Å²) in [6.45, 7) is -0.739. The first-order valence-corrected chi connectivity index (χ1v) is 10.9. The Hall–Kier alpha value is -2.52. The molecule has 15 heteroatoms. The number of nitrogens with one attached hydrogen (secondary N) is 3. The number of aliphatic carboxylic acids is 2. The molecule has 0 aliphatic rings. The summed E-state index contributed by atoms with van der Waals surface area (Å²) in [6, 6.07) is -2.08. The van der Waals surface area contributed by atoms with Gasteiger partial charge in [-0.15, -0.1) is 0 Å². The first kappa shape index (κ1) is 29.5. The molecule has 3 atom stereocenters. The van der Waals surface area contributed by atoms with Crippen molar-refractivity contribution >= 4 is 41.4 Å². The van der Waals surface area contributed by atoms with Gasteiger partial charge in [0.2, 0.25) is 17.7 Å². The van der Waals surface area contributed by atoms with Crippen LogP contribution in [0.5, 0.6) is 0 Å². The molecule has 0 fully saturated rings. The molecule has 0 aromatic carbocycles. The summed E-state index contributed by atoms with van der Waals surface area (Å²) in [5.41, 5.74) is 8.13. The Morgan fingerprint density at radius 1 is 1.09 bits per heavy atom. The van der Waals surface area contributed by atoms with Crippen molar-refractivity contribution < 1.29 is 43.0 Å². The van der Waals surface area contributed by atoms with E-state index in [-0.39, 0.29) is 31.6 Å². The molecule has 0 aromatic rings. The molecule has 0 aliphatic heterocycles. The number of carbonyl (C=O) groups is 5. The molecular formula is C17H29F2N5O7S. The van der Waals surface area contributed by atoms with Crippen LogP contribution in [0.2, 0.25) is 0 Å². The van der Waals surface area contributed by atoms with Gasteiger partial charge in [0.15, 0.2) is 5.54 Å². The summed E-state index contributed by atoms with van der Waals surface area (Å²) in [6.07, 6.45) is -2.59. The third kappa shape index (κ3) is 10.7. The normalized spacial score (nSPS) is 14.7. The van der Waals surface area contributed by atoms with E-state index in [4.69, 9.17) is 21.7 Å². The fourth-order valence-corrected chi connectivity index (χ4v) is 2.92. The molecule has 0 rings (SSSR count). The van der Waals surface area contributed by atoms with Crippen LogP contribution >= 0.6 is 11.8 Å². The van der Waals surface area contributed by atoms with E-state index in [0.29, 0.717) is 0 Å². The number of nitrogens with two attached hydrogens (primary N) is 2. The Kier molecular flexibility index (Phi) is 13.4. The molecule has 184 valence electrons. The largest absolute Gasteiger partial charge is 0.480 e. The van der Waals surface area contributed by atoms with Gasteiger partial charge in [-0.25, -0.2) is 13.6 Å². The molecule has 0 saturated heterocycles. The van der Waals surface area contributed by atoms with Gasteiger partial charge in [-0.05, 0) is 25.5 Å². The lowest BCUT2D eigenvalue weighted by molar-refractivity contribution is -0.150. The van der Waals surface area contributed by atoms with Crippen molar-refractivity contribution in [2.45, 2.75) is 49.7 Å². The quantitative estimate of drug-likeness (QED) is 0.120. The summed E-state index contributed by atoms with van der Waals surface area (Å²) in [5.74, 6) is -4.81. The second kappa shape index (κ2) is 14.5. The SMILES string of the molecule is CSCC(NC(=O)CCC(N)C(=O)NCCCC(N)(C(=O)O)C(F)F)C(=O)NCC(=O)O. The molecule has 0 saturated carbocycles. The van der Waals surface area contributed by atoms with Gasteiger partial charge in [0.25, 0.3) is 6.43 Å². The lowest BCUT2D eigenvalue weighted by Gasteiger charge is -2.23. The van der Waals surface area contributed by atoms with E-state index >= 15 is 0 Å². The monoisotopic (exact) mass is 485 g/mol. The van der Waals surface area contributed by atoms with Gasteiger partial charge in [0.05, 0.1) is 6.04 Å². The summed E-state index contributed by atoms with van der Waals surface area (Å²) >= 11 is 1.26. The van der Waals surface area contributed by atoms with E-state index in [9.17, 15) is 32.8 Å². The Morgan fingerprint density at radius 2 is 1.72 bits per heavy atom. The number of carboxylic acid groups (broad SMARTS) is 2. The van der Waals surface area contributed by atoms with Crippen molar-refractivity contribution in [1.82, 2.24) is 16.0 Å². The highest BCUT2D eigenvalue weighted by molar-refractivity contribution is 7.98. The number of carboxylic acids is 2. The van der Waals surface area contributed by atoms with Gasteiger partial charge < -0.3 is 37.6 Å². The fourth-order valence-electron chi connectivity index (χ4n) is 2.35. The standard InChI is InChI=1S/C17H29F2N5O7S/c1-32-8-10(14(29)23-7-12(26)27)24-11(25)4-3-9(20)13(28)22-6-2-5-17(21,15(18)19)16(30)31/h9-10,15H,2-8,20-21H2,1H3,(H,22,28)(H,23,29)(H,24,25)(H,26,27)(H,30,31). The number of halogens is 2. The van der Waals surface area contributed by atoms with E-state index < -0.39 is 66.7 Å². The zero-order chi connectivity index (χ0) is 24.9. The van der Waals surface area contributed by atoms with Gasteiger partial charge in [-0.3, -0.25) is 19.2 Å². The average Bonchev–Trinajstić information content (AvgIpc) is 2.72. The molecule has 0 heterocycles. The van der Waals surface area contributed by atoms with Crippen LogP contribution in [0.25, 0.3) is 0 Å². The second-order valence-electron chi connectivity index (χ2n) is 6.87. The van der Waals surface area contributed by atoms with Crippen molar-refractivity contribution in [3.8, 4) is 0 Å². The second-order valence-corrected chi connectivity index (χ2v) is 7.78. The number of carbonyl (C=O) groups excluding carboxylic acids is 3. The zero-order valence-corrected chi connectivity index (χ0v) is 18.3. The number of rotatable bonds is 16. The third-order valence-corrected chi connectivity index (χ3v) is 4.94. The van der Waals surface area contributed by atoms with Crippen LogP contribution in [-0.2, 0) is 24.0 Å². The Labute approximate surface area is 187 Å². The van der Waals surface area contributed by atoms with Crippen LogP contribution in [0.4, 0.5) is 8.78 Å². The van der Waals surface area contributed by atoms with Crippen LogP contribution in [0.15, 0.2) is 0 Å². The molecule has 32 heavy (non-hydrogen) atoms. The van der Waals surface area contributed by atoms with E-state index in [2.05, 4.69) is 16.0 Å². The first-order valence-electron chi connectivity index (χ1n) is 9.46. The van der Waals surface area contributed by atoms with E-state index in [1.54, 1.807) is 6.26 Å². The van der Waals surface area contributed by atoms with Gasteiger partial charge in [-0.1, -0.05) is 0 Å². The number of hydrogen-bond acceptors (Lipinski definition) is 8. The lowest BCUT2D eigenvalue weighted by Crippen LogP contribution is -2.54. The Balaban J connectivity index is 4.43. The van der Waals surface area contributed by atoms with Gasteiger partial charge in [0, 0.05) is 18.7 Å². The minimum absolute atomic E-state index is 0.0899. The van der Waals surface area contributed by atoms with Crippen molar-refractivity contribution in [1.29, 1.82) is 0 Å². The number of alkyl halides is 2. The molecule has 0 radical (unpaired) electrons. The van der Waals surface area contributed by atoms with Crippen LogP contribution in [0.1, 0.15) is 25.7 Å². The van der Waals surface area contributed by atoms with E-state index in [1.807, 2.05) is 0 Å². The van der Waals surface area contributed by atoms with Crippen LogP contribution < -0.4 is 27.4 Å². The van der Waals surface area contributed by atoms with Gasteiger partial charge in [0.1, 0.15) is 12.6 Å². The number of thioether (sulfide) groups is 1. The summed E-state index contributed by atoms with van der Waals surface area (Å²) < 4.78 is 25.6. The van der Waals surface area contributed by atoms with Crippen molar-refractivity contribution in [2.24, 2.45) is 11.5 Å². The van der Waals surface area contributed by atoms with Gasteiger partial charge in [-0.2, -0.15) is 11.8 Å². The minimum atomic E-state index is -3.28. The highest BCUT2D eigenvalue weighted by atomic mass is 32.2. The first-order chi connectivity index (χ1) is 14.8.